The van der Waals surface area contributed by atoms with E-state index >= 15 is 0 Å². The highest BCUT2D eigenvalue weighted by molar-refractivity contribution is 6.06. The van der Waals surface area contributed by atoms with Crippen LogP contribution in [-0.2, 0) is 11.8 Å². The van der Waals surface area contributed by atoms with Crippen LogP contribution in [0.5, 0.6) is 0 Å². The molecule has 0 aliphatic carbocycles. The zero-order chi connectivity index (χ0) is 21.0. The Hall–Kier alpha value is -3.92. The van der Waals surface area contributed by atoms with E-state index in [9.17, 15) is 19.7 Å². The lowest BCUT2D eigenvalue weighted by molar-refractivity contribution is -0.402. The fraction of sp³-hybridized carbons (Fsp3) is 0.158. The topological polar surface area (TPSA) is 140 Å². The number of amides is 2. The second-order valence-electron chi connectivity index (χ2n) is 6.10. The summed E-state index contributed by atoms with van der Waals surface area (Å²) in [7, 11) is 1.85. The number of carbonyl (C=O) groups excluding carboxylic acids is 2. The Morgan fingerprint density at radius 3 is 2.72 bits per heavy atom. The Balaban J connectivity index is 1.95. The third kappa shape index (κ3) is 4.33. The molecule has 0 aliphatic rings. The minimum Gasteiger partial charge on any atom is -0.395 e. The monoisotopic (exact) mass is 398 g/mol. The molecule has 2 amide bonds. The van der Waals surface area contributed by atoms with Crippen LogP contribution in [0, 0.1) is 10.1 Å². The average molecular weight is 398 g/mol. The maximum absolute atomic E-state index is 12.5. The van der Waals surface area contributed by atoms with Gasteiger partial charge in [-0.3, -0.25) is 19.7 Å². The largest absolute Gasteiger partial charge is 0.433 e. The number of benzene rings is 1. The molecule has 150 valence electrons. The first-order valence-electron chi connectivity index (χ1n) is 8.61. The molecule has 0 atom stereocenters. The normalized spacial score (nSPS) is 11.4. The number of hydrogen-bond acceptors (Lipinski definition) is 6. The molecule has 0 spiro atoms. The fourth-order valence-electron chi connectivity index (χ4n) is 2.80. The van der Waals surface area contributed by atoms with Crippen molar-refractivity contribution < 1.29 is 24.0 Å². The van der Waals surface area contributed by atoms with Gasteiger partial charge in [-0.05, 0) is 18.2 Å². The van der Waals surface area contributed by atoms with Crippen LogP contribution in [0.25, 0.3) is 17.0 Å². The van der Waals surface area contributed by atoms with Crippen molar-refractivity contribution in [2.24, 2.45) is 7.05 Å². The number of hydrogen-bond donors (Lipinski definition) is 3. The molecule has 29 heavy (non-hydrogen) atoms. The van der Waals surface area contributed by atoms with Gasteiger partial charge in [-0.25, -0.2) is 0 Å². The van der Waals surface area contributed by atoms with E-state index in [1.807, 2.05) is 35.9 Å². The van der Waals surface area contributed by atoms with E-state index in [1.54, 1.807) is 6.20 Å². The van der Waals surface area contributed by atoms with Crippen LogP contribution in [0.1, 0.15) is 16.1 Å². The molecule has 0 radical (unpaired) electrons. The van der Waals surface area contributed by atoms with Crippen LogP contribution in [0.4, 0.5) is 5.88 Å². The zero-order valence-electron chi connectivity index (χ0n) is 15.4. The molecule has 0 saturated heterocycles. The van der Waals surface area contributed by atoms with Gasteiger partial charge in [0.2, 0.25) is 0 Å². The van der Waals surface area contributed by atoms with Gasteiger partial charge in [-0.1, -0.05) is 18.2 Å². The standard InChI is InChI=1S/C19H18N4O6/c1-22-11-12(13-4-2-3-5-15(13)22)10-14(18(25)20-8-9-24)21-19(26)16-6-7-17(29-16)23(27)28/h2-7,10-11,24H,8-9H2,1H3,(H,20,25)(H,21,26)/b14-10-. The first-order valence-corrected chi connectivity index (χ1v) is 8.61. The molecule has 10 heteroatoms. The zero-order valence-corrected chi connectivity index (χ0v) is 15.4. The molecule has 2 heterocycles. The van der Waals surface area contributed by atoms with Gasteiger partial charge in [0.15, 0.2) is 5.76 Å². The lowest BCUT2D eigenvalue weighted by Crippen LogP contribution is -2.36. The second-order valence-corrected chi connectivity index (χ2v) is 6.10. The number of nitrogens with zero attached hydrogens (tertiary/aromatic N) is 2. The molecule has 1 aromatic carbocycles. The Bertz CT molecular complexity index is 1110. The van der Waals surface area contributed by atoms with Gasteiger partial charge in [-0.15, -0.1) is 0 Å². The number of para-hydroxylation sites is 1. The summed E-state index contributed by atoms with van der Waals surface area (Å²) in [5, 5.41) is 25.4. The third-order valence-corrected chi connectivity index (χ3v) is 4.11. The first-order chi connectivity index (χ1) is 13.9. The van der Waals surface area contributed by atoms with Crippen LogP contribution in [-0.4, -0.2) is 39.6 Å². The number of rotatable bonds is 7. The SMILES string of the molecule is Cn1cc(/C=C(\NC(=O)c2ccc([N+](=O)[O-])o2)C(=O)NCCO)c2ccccc21. The number of furan rings is 1. The number of aliphatic hydroxyl groups is 1. The van der Waals surface area contributed by atoms with Crippen molar-refractivity contribution in [3.63, 3.8) is 0 Å². The van der Waals surface area contributed by atoms with Gasteiger partial charge >= 0.3 is 5.88 Å². The Morgan fingerprint density at radius 2 is 2.03 bits per heavy atom. The quantitative estimate of drug-likeness (QED) is 0.313. The summed E-state index contributed by atoms with van der Waals surface area (Å²) in [6.45, 7) is -0.278. The van der Waals surface area contributed by atoms with E-state index in [0.29, 0.717) is 5.56 Å². The predicted octanol–water partition coefficient (Wildman–Crippen LogP) is 1.56. The summed E-state index contributed by atoms with van der Waals surface area (Å²) in [5.41, 5.74) is 1.52. The van der Waals surface area contributed by atoms with Crippen molar-refractivity contribution in [2.45, 2.75) is 0 Å². The minimum absolute atomic E-state index is 0.00615. The molecule has 0 bridgehead atoms. The molecule has 3 aromatic rings. The van der Waals surface area contributed by atoms with E-state index in [1.165, 1.54) is 6.08 Å². The molecule has 0 saturated carbocycles. The number of nitro groups is 1. The molecule has 0 aliphatic heterocycles. The van der Waals surface area contributed by atoms with E-state index in [0.717, 1.165) is 23.0 Å². The van der Waals surface area contributed by atoms with E-state index in [4.69, 9.17) is 9.52 Å². The Labute approximate surface area is 164 Å². The van der Waals surface area contributed by atoms with Crippen LogP contribution in [0.15, 0.2) is 52.7 Å². The van der Waals surface area contributed by atoms with E-state index < -0.39 is 22.6 Å². The van der Waals surface area contributed by atoms with Gasteiger partial charge < -0.3 is 24.7 Å². The van der Waals surface area contributed by atoms with Crippen molar-refractivity contribution in [2.75, 3.05) is 13.2 Å². The molecule has 3 rings (SSSR count). The van der Waals surface area contributed by atoms with Gasteiger partial charge in [0.1, 0.15) is 10.6 Å². The highest BCUT2D eigenvalue weighted by Gasteiger charge is 2.20. The summed E-state index contributed by atoms with van der Waals surface area (Å²) >= 11 is 0. The Morgan fingerprint density at radius 1 is 1.28 bits per heavy atom. The van der Waals surface area contributed by atoms with Crippen molar-refractivity contribution in [3.05, 3.63) is 69.7 Å². The number of fused-ring (bicyclic) bond motifs is 1. The van der Waals surface area contributed by atoms with Crippen LogP contribution < -0.4 is 10.6 Å². The summed E-state index contributed by atoms with van der Waals surface area (Å²) in [6.07, 6.45) is 3.29. The van der Waals surface area contributed by atoms with Crippen LogP contribution in [0.2, 0.25) is 0 Å². The highest BCUT2D eigenvalue weighted by Crippen LogP contribution is 2.22. The van der Waals surface area contributed by atoms with Gasteiger partial charge in [0, 0.05) is 36.3 Å². The predicted molar refractivity (Wildman–Crippen MR) is 104 cm³/mol. The van der Waals surface area contributed by atoms with Gasteiger partial charge in [-0.2, -0.15) is 0 Å². The summed E-state index contributed by atoms with van der Waals surface area (Å²) in [6, 6.07) is 9.73. The molecule has 0 fully saturated rings. The Kier molecular flexibility index (Phi) is 5.74. The number of aliphatic hydroxyl groups excluding tert-OH is 1. The highest BCUT2D eigenvalue weighted by atomic mass is 16.6. The number of aryl methyl sites for hydroxylation is 1. The third-order valence-electron chi connectivity index (χ3n) is 4.11. The molecule has 3 N–H and O–H groups in total. The molecule has 0 unspecified atom stereocenters. The second kappa shape index (κ2) is 8.40. The van der Waals surface area contributed by atoms with E-state index in [2.05, 4.69) is 10.6 Å². The number of aromatic nitrogens is 1. The first kappa shape index (κ1) is 19.8. The number of carbonyl (C=O) groups is 2. The molecule has 2 aromatic heterocycles. The lowest BCUT2D eigenvalue weighted by Gasteiger charge is -2.09. The summed E-state index contributed by atoms with van der Waals surface area (Å²) < 4.78 is 6.76. The van der Waals surface area contributed by atoms with Gasteiger partial charge in [0.05, 0.1) is 12.7 Å². The maximum atomic E-state index is 12.5. The molecule has 10 nitrogen and oxygen atoms in total. The average Bonchev–Trinajstić information content (AvgIpc) is 3.32. The van der Waals surface area contributed by atoms with E-state index in [-0.39, 0.29) is 24.6 Å². The number of nitrogens with one attached hydrogen (secondary N) is 2. The lowest BCUT2D eigenvalue weighted by atomic mass is 10.1. The smallest absolute Gasteiger partial charge is 0.395 e. The van der Waals surface area contributed by atoms with Gasteiger partial charge in [0.25, 0.3) is 11.8 Å². The van der Waals surface area contributed by atoms with Crippen molar-refractivity contribution in [1.82, 2.24) is 15.2 Å². The molecular weight excluding hydrogens is 380 g/mol. The van der Waals surface area contributed by atoms with Crippen LogP contribution >= 0.6 is 0 Å². The summed E-state index contributed by atoms with van der Waals surface area (Å²) in [5.74, 6) is -2.33. The van der Waals surface area contributed by atoms with Crippen LogP contribution in [0.3, 0.4) is 0 Å². The molecular formula is C19H18N4O6. The maximum Gasteiger partial charge on any atom is 0.433 e. The van der Waals surface area contributed by atoms with Crippen molar-refractivity contribution in [3.8, 4) is 0 Å². The minimum atomic E-state index is -0.816. The summed E-state index contributed by atoms with van der Waals surface area (Å²) in [4.78, 5) is 34.9. The van der Waals surface area contributed by atoms with Crippen molar-refractivity contribution >= 4 is 34.7 Å². The fourth-order valence-corrected chi connectivity index (χ4v) is 2.80. The van der Waals surface area contributed by atoms with Crippen molar-refractivity contribution in [1.29, 1.82) is 0 Å².